The van der Waals surface area contributed by atoms with Gasteiger partial charge in [-0.1, -0.05) is 30.7 Å². The minimum absolute atomic E-state index is 0.348. The summed E-state index contributed by atoms with van der Waals surface area (Å²) in [7, 11) is 0. The van der Waals surface area contributed by atoms with Crippen LogP contribution >= 0.6 is 11.6 Å². The van der Waals surface area contributed by atoms with Crippen molar-refractivity contribution >= 4 is 17.4 Å². The van der Waals surface area contributed by atoms with E-state index in [1.54, 1.807) is 0 Å². The molecule has 0 N–H and O–H groups in total. The fraction of sp³-hybridized carbons (Fsp3) is 0.462. The van der Waals surface area contributed by atoms with Crippen LogP contribution in [-0.4, -0.2) is 5.78 Å². The molecular formula is C13H17ClO. The summed E-state index contributed by atoms with van der Waals surface area (Å²) in [6.45, 7) is 3.91. The largest absolute Gasteiger partial charge is 0.300 e. The smallest absolute Gasteiger partial charge is 0.132 e. The van der Waals surface area contributed by atoms with E-state index in [0.29, 0.717) is 18.6 Å². The molecule has 0 spiro atoms. The van der Waals surface area contributed by atoms with Gasteiger partial charge in [-0.2, -0.15) is 0 Å². The highest BCUT2D eigenvalue weighted by atomic mass is 35.5. The Morgan fingerprint density at radius 1 is 1.40 bits per heavy atom. The Bertz CT molecular complexity index is 344. The van der Waals surface area contributed by atoms with Crippen molar-refractivity contribution in [2.24, 2.45) is 0 Å². The first-order valence-corrected chi connectivity index (χ1v) is 5.78. The number of ketones is 1. The van der Waals surface area contributed by atoms with Crippen molar-refractivity contribution in [3.8, 4) is 0 Å². The lowest BCUT2D eigenvalue weighted by Crippen LogP contribution is -1.96. The molecular weight excluding hydrogens is 208 g/mol. The molecule has 0 aliphatic heterocycles. The Kier molecular flexibility index (Phi) is 4.83. The third-order valence-corrected chi connectivity index (χ3v) is 2.96. The number of carbonyl (C=O) groups excluding carboxylic acids is 1. The van der Waals surface area contributed by atoms with Gasteiger partial charge in [0.05, 0.1) is 0 Å². The summed E-state index contributed by atoms with van der Waals surface area (Å²) >= 11 is 5.93. The minimum Gasteiger partial charge on any atom is -0.300 e. The maximum atomic E-state index is 11.1. The van der Waals surface area contributed by atoms with Crippen LogP contribution in [0, 0.1) is 6.92 Å². The summed E-state index contributed by atoms with van der Waals surface area (Å²) in [6.07, 6.45) is 3.25. The highest BCUT2D eigenvalue weighted by molar-refractivity contribution is 6.31. The number of halogens is 1. The van der Waals surface area contributed by atoms with Gasteiger partial charge in [0.25, 0.3) is 0 Å². The SMILES string of the molecule is CCC(=O)CCCc1ccc(Cl)c(C)c1. The second-order valence-corrected chi connectivity index (χ2v) is 4.24. The molecule has 0 atom stereocenters. The van der Waals surface area contributed by atoms with Crippen molar-refractivity contribution in [1.29, 1.82) is 0 Å². The zero-order chi connectivity index (χ0) is 11.3. The van der Waals surface area contributed by atoms with Gasteiger partial charge in [0.15, 0.2) is 0 Å². The highest BCUT2D eigenvalue weighted by Crippen LogP contribution is 2.17. The van der Waals surface area contributed by atoms with Crippen LogP contribution in [0.25, 0.3) is 0 Å². The Labute approximate surface area is 96.5 Å². The zero-order valence-electron chi connectivity index (χ0n) is 9.35. The van der Waals surface area contributed by atoms with Crippen molar-refractivity contribution < 1.29 is 4.79 Å². The number of aryl methyl sites for hydroxylation is 2. The van der Waals surface area contributed by atoms with Gasteiger partial charge < -0.3 is 0 Å². The maximum Gasteiger partial charge on any atom is 0.132 e. The van der Waals surface area contributed by atoms with E-state index in [1.165, 1.54) is 5.56 Å². The first kappa shape index (κ1) is 12.3. The van der Waals surface area contributed by atoms with Crippen molar-refractivity contribution in [1.82, 2.24) is 0 Å². The highest BCUT2D eigenvalue weighted by Gasteiger charge is 2.00. The van der Waals surface area contributed by atoms with Crippen molar-refractivity contribution in [3.63, 3.8) is 0 Å². The Hall–Kier alpha value is -0.820. The van der Waals surface area contributed by atoms with E-state index in [1.807, 2.05) is 26.0 Å². The fourth-order valence-corrected chi connectivity index (χ4v) is 1.65. The number of hydrogen-bond donors (Lipinski definition) is 0. The molecule has 0 saturated carbocycles. The summed E-state index contributed by atoms with van der Waals surface area (Å²) in [5, 5.41) is 0.809. The topological polar surface area (TPSA) is 17.1 Å². The molecule has 1 rings (SSSR count). The monoisotopic (exact) mass is 224 g/mol. The van der Waals surface area contributed by atoms with Gasteiger partial charge >= 0.3 is 0 Å². The lowest BCUT2D eigenvalue weighted by atomic mass is 10.0. The Balaban J connectivity index is 2.44. The predicted octanol–water partition coefficient (Wildman–Crippen LogP) is 3.95. The predicted molar refractivity (Wildman–Crippen MR) is 64.4 cm³/mol. The molecule has 0 aliphatic carbocycles. The quantitative estimate of drug-likeness (QED) is 0.740. The molecule has 1 aromatic carbocycles. The first-order chi connectivity index (χ1) is 7.13. The lowest BCUT2D eigenvalue weighted by molar-refractivity contribution is -0.118. The van der Waals surface area contributed by atoms with E-state index in [0.717, 1.165) is 23.4 Å². The van der Waals surface area contributed by atoms with E-state index >= 15 is 0 Å². The molecule has 0 unspecified atom stereocenters. The molecule has 0 saturated heterocycles. The number of rotatable bonds is 5. The van der Waals surface area contributed by atoms with Crippen LogP contribution in [-0.2, 0) is 11.2 Å². The molecule has 0 fully saturated rings. The summed E-state index contributed by atoms with van der Waals surface area (Å²) < 4.78 is 0. The van der Waals surface area contributed by atoms with Crippen LogP contribution in [0.15, 0.2) is 18.2 Å². The molecule has 1 aromatic rings. The van der Waals surface area contributed by atoms with Crippen LogP contribution in [0.4, 0.5) is 0 Å². The van der Waals surface area contributed by atoms with E-state index in [4.69, 9.17) is 11.6 Å². The van der Waals surface area contributed by atoms with Gasteiger partial charge in [0.2, 0.25) is 0 Å². The molecule has 0 bridgehead atoms. The molecule has 0 amide bonds. The Morgan fingerprint density at radius 2 is 2.13 bits per heavy atom. The summed E-state index contributed by atoms with van der Waals surface area (Å²) in [5.74, 6) is 0.348. The average Bonchev–Trinajstić information content (AvgIpc) is 2.23. The zero-order valence-corrected chi connectivity index (χ0v) is 10.1. The van der Waals surface area contributed by atoms with Crippen LogP contribution < -0.4 is 0 Å². The summed E-state index contributed by atoms with van der Waals surface area (Å²) in [5.41, 5.74) is 2.37. The lowest BCUT2D eigenvalue weighted by Gasteiger charge is -2.03. The second-order valence-electron chi connectivity index (χ2n) is 3.83. The fourth-order valence-electron chi connectivity index (χ4n) is 1.53. The van der Waals surface area contributed by atoms with Crippen molar-refractivity contribution in [2.45, 2.75) is 39.5 Å². The van der Waals surface area contributed by atoms with Gasteiger partial charge in [-0.15, -0.1) is 0 Å². The average molecular weight is 225 g/mol. The third-order valence-electron chi connectivity index (χ3n) is 2.54. The minimum atomic E-state index is 0.348. The molecule has 0 aliphatic rings. The number of hydrogen-bond acceptors (Lipinski definition) is 1. The van der Waals surface area contributed by atoms with Crippen molar-refractivity contribution in [3.05, 3.63) is 34.3 Å². The normalized spacial score (nSPS) is 10.3. The van der Waals surface area contributed by atoms with E-state index < -0.39 is 0 Å². The van der Waals surface area contributed by atoms with Crippen LogP contribution in [0.5, 0.6) is 0 Å². The van der Waals surface area contributed by atoms with Gasteiger partial charge in [-0.3, -0.25) is 4.79 Å². The van der Waals surface area contributed by atoms with Gasteiger partial charge in [-0.25, -0.2) is 0 Å². The molecule has 0 radical (unpaired) electrons. The van der Waals surface area contributed by atoms with Gasteiger partial charge in [-0.05, 0) is 37.0 Å². The number of carbonyl (C=O) groups is 1. The third kappa shape index (κ3) is 4.05. The van der Waals surface area contributed by atoms with Gasteiger partial charge in [0.1, 0.15) is 5.78 Å². The number of benzene rings is 1. The molecule has 0 aromatic heterocycles. The summed E-state index contributed by atoms with van der Waals surface area (Å²) in [4.78, 5) is 11.1. The molecule has 82 valence electrons. The van der Waals surface area contributed by atoms with E-state index in [9.17, 15) is 4.79 Å². The van der Waals surface area contributed by atoms with Crippen LogP contribution in [0.1, 0.15) is 37.3 Å². The maximum absolute atomic E-state index is 11.1. The second kappa shape index (κ2) is 5.92. The first-order valence-electron chi connectivity index (χ1n) is 5.40. The molecule has 1 nitrogen and oxygen atoms in total. The van der Waals surface area contributed by atoms with E-state index in [-0.39, 0.29) is 0 Å². The summed E-state index contributed by atoms with van der Waals surface area (Å²) in [6, 6.07) is 6.05. The molecule has 0 heterocycles. The van der Waals surface area contributed by atoms with Crippen molar-refractivity contribution in [2.75, 3.05) is 0 Å². The molecule has 15 heavy (non-hydrogen) atoms. The van der Waals surface area contributed by atoms with Gasteiger partial charge in [0, 0.05) is 17.9 Å². The van der Waals surface area contributed by atoms with Crippen LogP contribution in [0.2, 0.25) is 5.02 Å². The van der Waals surface area contributed by atoms with E-state index in [2.05, 4.69) is 6.07 Å². The standard InChI is InChI=1S/C13H17ClO/c1-3-12(15)6-4-5-11-7-8-13(14)10(2)9-11/h7-9H,3-6H2,1-2H3. The number of Topliss-reactive ketones (excluding diaryl/α,β-unsaturated/α-hetero) is 1. The Morgan fingerprint density at radius 3 is 2.73 bits per heavy atom. The van der Waals surface area contributed by atoms with Crippen LogP contribution in [0.3, 0.4) is 0 Å². The molecule has 2 heteroatoms.